The number of nitrogens with zero attached hydrogens (tertiary/aromatic N) is 3. The van der Waals surface area contributed by atoms with Crippen LogP contribution in [0, 0.1) is 5.82 Å². The Morgan fingerprint density at radius 3 is 2.47 bits per heavy atom. The van der Waals surface area contributed by atoms with Crippen LogP contribution in [0.15, 0.2) is 60.9 Å². The molecule has 0 spiro atoms. The number of halogens is 1. The molecule has 2 aromatic heterocycles. The van der Waals surface area contributed by atoms with E-state index in [2.05, 4.69) is 15.3 Å². The molecule has 0 unspecified atom stereocenters. The predicted molar refractivity (Wildman–Crippen MR) is 123 cm³/mol. The fourth-order valence-corrected chi connectivity index (χ4v) is 3.62. The zero-order chi connectivity index (χ0) is 22.7. The highest BCUT2D eigenvalue weighted by Gasteiger charge is 2.16. The van der Waals surface area contributed by atoms with Gasteiger partial charge in [0.2, 0.25) is 0 Å². The number of anilines is 1. The summed E-state index contributed by atoms with van der Waals surface area (Å²) in [5, 5.41) is 3.78. The molecule has 0 aliphatic rings. The minimum absolute atomic E-state index is 0.0259. The van der Waals surface area contributed by atoms with Crippen LogP contribution in [0.3, 0.4) is 0 Å². The Morgan fingerprint density at radius 1 is 1.03 bits per heavy atom. The van der Waals surface area contributed by atoms with Crippen molar-refractivity contribution in [3.05, 3.63) is 66.7 Å². The summed E-state index contributed by atoms with van der Waals surface area (Å²) in [6.45, 7) is -0.0259. The van der Waals surface area contributed by atoms with Crippen LogP contribution in [0.5, 0.6) is 5.75 Å². The summed E-state index contributed by atoms with van der Waals surface area (Å²) in [5.41, 5.74) is 2.80. The molecule has 7 nitrogen and oxygen atoms in total. The van der Waals surface area contributed by atoms with E-state index in [-0.39, 0.29) is 18.2 Å². The average molecular weight is 453 g/mol. The van der Waals surface area contributed by atoms with E-state index >= 15 is 0 Å². The molecule has 0 atom stereocenters. The second-order valence-electron chi connectivity index (χ2n) is 7.24. The molecule has 0 aliphatic carbocycles. The molecule has 0 bridgehead atoms. The summed E-state index contributed by atoms with van der Waals surface area (Å²) in [6, 6.07) is 13.4. The van der Waals surface area contributed by atoms with Crippen molar-refractivity contribution in [3.63, 3.8) is 0 Å². The van der Waals surface area contributed by atoms with E-state index in [1.165, 1.54) is 12.1 Å². The van der Waals surface area contributed by atoms with Crippen LogP contribution in [0.4, 0.5) is 10.2 Å². The lowest BCUT2D eigenvalue weighted by molar-refractivity contribution is 0.344. The number of rotatable bonds is 7. The smallest absolute Gasteiger partial charge is 0.163 e. The van der Waals surface area contributed by atoms with E-state index in [0.717, 1.165) is 22.9 Å². The molecule has 4 aromatic rings. The van der Waals surface area contributed by atoms with Crippen molar-refractivity contribution >= 4 is 26.6 Å². The van der Waals surface area contributed by atoms with Crippen LogP contribution >= 0.6 is 0 Å². The summed E-state index contributed by atoms with van der Waals surface area (Å²) in [5.74, 6) is 0.978. The maximum Gasteiger partial charge on any atom is 0.163 e. The topological polar surface area (TPSA) is 94.1 Å². The molecular formula is C23H21FN4O3S. The van der Waals surface area contributed by atoms with Gasteiger partial charge in [-0.2, -0.15) is 0 Å². The van der Waals surface area contributed by atoms with Gasteiger partial charge in [-0.3, -0.25) is 4.98 Å². The van der Waals surface area contributed by atoms with Gasteiger partial charge in [-0.15, -0.1) is 0 Å². The van der Waals surface area contributed by atoms with E-state index < -0.39 is 9.84 Å². The van der Waals surface area contributed by atoms with Gasteiger partial charge in [0.1, 0.15) is 29.5 Å². The molecule has 0 saturated carbocycles. The summed E-state index contributed by atoms with van der Waals surface area (Å²) in [4.78, 5) is 13.4. The molecule has 0 radical (unpaired) electrons. The van der Waals surface area contributed by atoms with Crippen LogP contribution < -0.4 is 10.1 Å². The first-order valence-electron chi connectivity index (χ1n) is 9.84. The highest BCUT2D eigenvalue weighted by molar-refractivity contribution is 7.90. The monoisotopic (exact) mass is 452 g/mol. The molecule has 0 fully saturated rings. The quantitative estimate of drug-likeness (QED) is 0.453. The lowest BCUT2D eigenvalue weighted by Gasteiger charge is -2.15. The van der Waals surface area contributed by atoms with Gasteiger partial charge in [0.25, 0.3) is 0 Å². The number of benzene rings is 2. The van der Waals surface area contributed by atoms with Crippen LogP contribution in [-0.2, 0) is 9.84 Å². The predicted octanol–water partition coefficient (Wildman–Crippen LogP) is 3.96. The second kappa shape index (κ2) is 8.88. The summed E-state index contributed by atoms with van der Waals surface area (Å²) in [7, 11) is -1.45. The molecule has 0 aliphatic heterocycles. The van der Waals surface area contributed by atoms with E-state index in [1.54, 1.807) is 43.7 Å². The standard InChI is InChI=1S/C23H21FN4O3S/c1-25-23-19-12-17(15-5-7-18(24)8-6-15)13-20(31-10-11-32(2,29)30)21(19)27-22(28-23)16-4-3-9-26-14-16/h3-9,12-14H,10-11H2,1-2H3,(H,25,27,28). The van der Waals surface area contributed by atoms with E-state index in [0.29, 0.717) is 28.3 Å². The van der Waals surface area contributed by atoms with E-state index in [9.17, 15) is 12.8 Å². The van der Waals surface area contributed by atoms with Crippen LogP contribution in [0.25, 0.3) is 33.4 Å². The summed E-state index contributed by atoms with van der Waals surface area (Å²) in [6.07, 6.45) is 4.49. The fraction of sp³-hybridized carbons (Fsp3) is 0.174. The molecular weight excluding hydrogens is 431 g/mol. The summed E-state index contributed by atoms with van der Waals surface area (Å²) < 4.78 is 42.5. The van der Waals surface area contributed by atoms with Gasteiger partial charge in [-0.25, -0.2) is 22.8 Å². The van der Waals surface area contributed by atoms with Crippen molar-refractivity contribution in [2.45, 2.75) is 0 Å². The van der Waals surface area contributed by atoms with Gasteiger partial charge in [-0.1, -0.05) is 12.1 Å². The molecule has 32 heavy (non-hydrogen) atoms. The van der Waals surface area contributed by atoms with Gasteiger partial charge in [0.15, 0.2) is 15.7 Å². The average Bonchev–Trinajstić information content (AvgIpc) is 2.78. The van der Waals surface area contributed by atoms with Crippen LogP contribution in [0.2, 0.25) is 0 Å². The highest BCUT2D eigenvalue weighted by atomic mass is 32.2. The van der Waals surface area contributed by atoms with Gasteiger partial charge in [-0.05, 0) is 47.5 Å². The largest absolute Gasteiger partial charge is 0.490 e. The SMILES string of the molecule is CNc1nc(-c2cccnc2)nc2c(OCCS(C)(=O)=O)cc(-c3ccc(F)cc3)cc12. The third-order valence-electron chi connectivity index (χ3n) is 4.81. The van der Waals surface area contributed by atoms with Crippen LogP contribution in [-0.4, -0.2) is 49.0 Å². The Balaban J connectivity index is 1.90. The van der Waals surface area contributed by atoms with Crippen molar-refractivity contribution in [2.75, 3.05) is 31.0 Å². The van der Waals surface area contributed by atoms with Crippen molar-refractivity contribution in [3.8, 4) is 28.3 Å². The molecule has 4 rings (SSSR count). The zero-order valence-corrected chi connectivity index (χ0v) is 18.4. The number of aromatic nitrogens is 3. The van der Waals surface area contributed by atoms with Crippen molar-refractivity contribution in [2.24, 2.45) is 0 Å². The van der Waals surface area contributed by atoms with Crippen molar-refractivity contribution in [1.82, 2.24) is 15.0 Å². The number of nitrogens with one attached hydrogen (secondary N) is 1. The Kier molecular flexibility index (Phi) is 6.00. The van der Waals surface area contributed by atoms with Crippen LogP contribution in [0.1, 0.15) is 0 Å². The maximum atomic E-state index is 13.4. The Labute approximate surface area is 185 Å². The normalized spacial score (nSPS) is 11.5. The lowest BCUT2D eigenvalue weighted by Crippen LogP contribution is -2.12. The first-order chi connectivity index (χ1) is 15.3. The number of hydrogen-bond acceptors (Lipinski definition) is 7. The van der Waals surface area contributed by atoms with E-state index in [1.807, 2.05) is 12.1 Å². The molecule has 2 heterocycles. The minimum Gasteiger partial charge on any atom is -0.490 e. The Hall–Kier alpha value is -3.59. The van der Waals surface area contributed by atoms with Crippen molar-refractivity contribution < 1.29 is 17.5 Å². The summed E-state index contributed by atoms with van der Waals surface area (Å²) >= 11 is 0. The Morgan fingerprint density at radius 2 is 1.81 bits per heavy atom. The lowest BCUT2D eigenvalue weighted by atomic mass is 10.0. The van der Waals surface area contributed by atoms with Gasteiger partial charge < -0.3 is 10.1 Å². The molecule has 0 amide bonds. The number of hydrogen-bond donors (Lipinski definition) is 1. The zero-order valence-electron chi connectivity index (χ0n) is 17.5. The first kappa shape index (κ1) is 21.6. The fourth-order valence-electron chi connectivity index (χ4n) is 3.24. The third kappa shape index (κ3) is 4.83. The number of pyridine rings is 1. The number of sulfone groups is 1. The van der Waals surface area contributed by atoms with E-state index in [4.69, 9.17) is 9.72 Å². The van der Waals surface area contributed by atoms with Gasteiger partial charge in [0.05, 0.1) is 5.75 Å². The van der Waals surface area contributed by atoms with Gasteiger partial charge in [0, 0.05) is 36.6 Å². The maximum absolute atomic E-state index is 13.4. The highest BCUT2D eigenvalue weighted by Crippen LogP contribution is 2.36. The van der Waals surface area contributed by atoms with Crippen molar-refractivity contribution in [1.29, 1.82) is 0 Å². The first-order valence-corrected chi connectivity index (χ1v) is 11.9. The molecule has 2 aromatic carbocycles. The Bertz CT molecular complexity index is 1360. The molecule has 0 saturated heterocycles. The third-order valence-corrected chi connectivity index (χ3v) is 5.72. The molecule has 9 heteroatoms. The number of ether oxygens (including phenoxy) is 1. The minimum atomic E-state index is -3.20. The van der Waals surface area contributed by atoms with Gasteiger partial charge >= 0.3 is 0 Å². The second-order valence-corrected chi connectivity index (χ2v) is 9.50. The molecule has 164 valence electrons. The number of fused-ring (bicyclic) bond motifs is 1. The molecule has 1 N–H and O–H groups in total.